The third-order valence-electron chi connectivity index (χ3n) is 4.25. The minimum Gasteiger partial charge on any atom is -0.479 e. The molecule has 1 fully saturated rings. The lowest BCUT2D eigenvalue weighted by molar-refractivity contribution is -0.148. The van der Waals surface area contributed by atoms with Gasteiger partial charge in [0.15, 0.2) is 0 Å². The van der Waals surface area contributed by atoms with E-state index in [0.717, 1.165) is 18.5 Å². The van der Waals surface area contributed by atoms with Crippen molar-refractivity contribution in [2.75, 3.05) is 6.54 Å². The Morgan fingerprint density at radius 1 is 1.38 bits per heavy atom. The van der Waals surface area contributed by atoms with Gasteiger partial charge in [0.25, 0.3) is 5.91 Å². The monoisotopic (exact) mass is 290 g/mol. The fourth-order valence-corrected chi connectivity index (χ4v) is 3.24. The van der Waals surface area contributed by atoms with Gasteiger partial charge in [-0.2, -0.15) is 0 Å². The number of carboxylic acids is 1. The first-order chi connectivity index (χ1) is 9.92. The van der Waals surface area contributed by atoms with Gasteiger partial charge in [0.1, 0.15) is 5.54 Å². The van der Waals surface area contributed by atoms with Crippen molar-refractivity contribution in [1.29, 1.82) is 0 Å². The van der Waals surface area contributed by atoms with Crippen LogP contribution in [0.15, 0.2) is 12.1 Å². The van der Waals surface area contributed by atoms with Crippen LogP contribution in [-0.2, 0) is 4.79 Å². The minimum atomic E-state index is -1.05. The zero-order valence-corrected chi connectivity index (χ0v) is 12.8. The predicted octanol–water partition coefficient (Wildman–Crippen LogP) is 2.56. The zero-order chi connectivity index (χ0) is 15.6. The summed E-state index contributed by atoms with van der Waals surface area (Å²) in [7, 11) is 0. The van der Waals surface area contributed by atoms with E-state index < -0.39 is 11.5 Å². The van der Waals surface area contributed by atoms with Gasteiger partial charge >= 0.3 is 5.97 Å². The van der Waals surface area contributed by atoms with Crippen molar-refractivity contribution in [2.45, 2.75) is 52.0 Å². The smallest absolute Gasteiger partial charge is 0.329 e. The number of carbonyl (C=O) groups excluding carboxylic acids is 1. The fraction of sp³-hybridized carbons (Fsp3) is 0.562. The molecular weight excluding hydrogens is 268 g/mol. The first kappa shape index (κ1) is 15.5. The Bertz CT molecular complexity index is 571. The SMILES string of the molecule is CCCC1(C(=O)O)CCCN1C(=O)c1ccc(C)nc1C. The Balaban J connectivity index is 2.39. The van der Waals surface area contributed by atoms with E-state index in [9.17, 15) is 14.7 Å². The van der Waals surface area contributed by atoms with Gasteiger partial charge in [-0.25, -0.2) is 4.79 Å². The predicted molar refractivity (Wildman–Crippen MR) is 79.3 cm³/mol. The third kappa shape index (κ3) is 2.64. The lowest BCUT2D eigenvalue weighted by Crippen LogP contribution is -2.53. The van der Waals surface area contributed by atoms with Gasteiger partial charge in [-0.05, 0) is 45.2 Å². The van der Waals surface area contributed by atoms with Gasteiger partial charge in [0.2, 0.25) is 0 Å². The molecule has 21 heavy (non-hydrogen) atoms. The number of hydrogen-bond donors (Lipinski definition) is 1. The highest BCUT2D eigenvalue weighted by Crippen LogP contribution is 2.35. The summed E-state index contributed by atoms with van der Waals surface area (Å²) in [6.45, 7) is 6.11. The van der Waals surface area contributed by atoms with Gasteiger partial charge in [-0.3, -0.25) is 9.78 Å². The molecule has 1 atom stereocenters. The van der Waals surface area contributed by atoms with E-state index in [1.54, 1.807) is 19.1 Å². The Labute approximate surface area is 125 Å². The number of likely N-dealkylation sites (tertiary alicyclic amines) is 1. The summed E-state index contributed by atoms with van der Waals surface area (Å²) in [4.78, 5) is 30.4. The molecule has 1 aliphatic rings. The van der Waals surface area contributed by atoms with Gasteiger partial charge < -0.3 is 10.0 Å². The van der Waals surface area contributed by atoms with Gasteiger partial charge in [-0.15, -0.1) is 0 Å². The third-order valence-corrected chi connectivity index (χ3v) is 4.25. The van der Waals surface area contributed by atoms with Crippen LogP contribution in [-0.4, -0.2) is 39.0 Å². The standard InChI is InChI=1S/C16H22N2O3/c1-4-8-16(15(20)21)9-5-10-18(16)14(19)13-7-6-11(2)17-12(13)3/h6-7H,4-5,8-10H2,1-3H3,(H,20,21). The molecule has 0 aliphatic carbocycles. The number of pyridine rings is 1. The van der Waals surface area contributed by atoms with E-state index in [2.05, 4.69) is 4.98 Å². The maximum atomic E-state index is 12.8. The zero-order valence-electron chi connectivity index (χ0n) is 12.8. The molecule has 1 aliphatic heterocycles. The quantitative estimate of drug-likeness (QED) is 0.925. The summed E-state index contributed by atoms with van der Waals surface area (Å²) >= 11 is 0. The molecule has 1 saturated heterocycles. The fourth-order valence-electron chi connectivity index (χ4n) is 3.24. The highest BCUT2D eigenvalue weighted by molar-refractivity contribution is 5.99. The average molecular weight is 290 g/mol. The number of carbonyl (C=O) groups is 2. The first-order valence-electron chi connectivity index (χ1n) is 7.42. The Morgan fingerprint density at radius 2 is 2.10 bits per heavy atom. The van der Waals surface area contributed by atoms with E-state index in [0.29, 0.717) is 30.6 Å². The topological polar surface area (TPSA) is 70.5 Å². The molecule has 0 bridgehead atoms. The molecule has 0 saturated carbocycles. The molecular formula is C16H22N2O3. The molecule has 2 heterocycles. The van der Waals surface area contributed by atoms with E-state index >= 15 is 0 Å². The van der Waals surface area contributed by atoms with Crippen molar-refractivity contribution >= 4 is 11.9 Å². The lowest BCUT2D eigenvalue weighted by atomic mass is 9.90. The molecule has 1 aromatic heterocycles. The summed E-state index contributed by atoms with van der Waals surface area (Å²) in [6, 6.07) is 3.54. The van der Waals surface area contributed by atoms with Crippen LogP contribution >= 0.6 is 0 Å². The highest BCUT2D eigenvalue weighted by atomic mass is 16.4. The second-order valence-electron chi connectivity index (χ2n) is 5.73. The number of rotatable bonds is 4. The van der Waals surface area contributed by atoms with Crippen LogP contribution in [0.3, 0.4) is 0 Å². The molecule has 114 valence electrons. The normalized spacial score (nSPS) is 21.6. The van der Waals surface area contributed by atoms with E-state index in [1.165, 1.54) is 4.90 Å². The molecule has 1 amide bonds. The average Bonchev–Trinajstić information content (AvgIpc) is 2.83. The summed E-state index contributed by atoms with van der Waals surface area (Å²) < 4.78 is 0. The summed E-state index contributed by atoms with van der Waals surface area (Å²) in [5.74, 6) is -1.11. The van der Waals surface area contributed by atoms with Crippen molar-refractivity contribution in [3.8, 4) is 0 Å². The summed E-state index contributed by atoms with van der Waals surface area (Å²) in [5, 5.41) is 9.66. The van der Waals surface area contributed by atoms with E-state index in [-0.39, 0.29) is 5.91 Å². The highest BCUT2D eigenvalue weighted by Gasteiger charge is 2.49. The second kappa shape index (κ2) is 5.84. The summed E-state index contributed by atoms with van der Waals surface area (Å²) in [6.07, 6.45) is 2.49. The van der Waals surface area contributed by atoms with Crippen molar-refractivity contribution in [3.63, 3.8) is 0 Å². The van der Waals surface area contributed by atoms with Gasteiger partial charge in [-0.1, -0.05) is 13.3 Å². The number of hydrogen-bond acceptors (Lipinski definition) is 3. The van der Waals surface area contributed by atoms with Crippen molar-refractivity contribution < 1.29 is 14.7 Å². The van der Waals surface area contributed by atoms with Crippen LogP contribution < -0.4 is 0 Å². The Morgan fingerprint density at radius 3 is 2.67 bits per heavy atom. The molecule has 1 unspecified atom stereocenters. The second-order valence-corrected chi connectivity index (χ2v) is 5.73. The van der Waals surface area contributed by atoms with Crippen LogP contribution in [0.4, 0.5) is 0 Å². The van der Waals surface area contributed by atoms with Gasteiger partial charge in [0, 0.05) is 12.2 Å². The van der Waals surface area contributed by atoms with E-state index in [1.807, 2.05) is 13.8 Å². The number of aromatic nitrogens is 1. The minimum absolute atomic E-state index is 0.214. The molecule has 0 spiro atoms. The largest absolute Gasteiger partial charge is 0.479 e. The maximum Gasteiger partial charge on any atom is 0.329 e. The summed E-state index contributed by atoms with van der Waals surface area (Å²) in [5.41, 5.74) is 0.957. The van der Waals surface area contributed by atoms with Crippen LogP contribution in [0.25, 0.3) is 0 Å². The lowest BCUT2D eigenvalue weighted by Gasteiger charge is -2.35. The number of nitrogens with zero attached hydrogens (tertiary/aromatic N) is 2. The number of aryl methyl sites for hydroxylation is 2. The van der Waals surface area contributed by atoms with Crippen LogP contribution in [0, 0.1) is 13.8 Å². The Hall–Kier alpha value is -1.91. The van der Waals surface area contributed by atoms with Crippen LogP contribution in [0.5, 0.6) is 0 Å². The van der Waals surface area contributed by atoms with Crippen LogP contribution in [0.1, 0.15) is 54.4 Å². The van der Waals surface area contributed by atoms with Crippen molar-refractivity contribution in [1.82, 2.24) is 9.88 Å². The molecule has 0 radical (unpaired) electrons. The Kier molecular flexibility index (Phi) is 4.30. The molecule has 5 heteroatoms. The molecule has 1 aromatic rings. The molecule has 2 rings (SSSR count). The van der Waals surface area contributed by atoms with Crippen molar-refractivity contribution in [2.24, 2.45) is 0 Å². The van der Waals surface area contributed by atoms with Gasteiger partial charge in [0.05, 0.1) is 11.3 Å². The molecule has 0 aromatic carbocycles. The first-order valence-corrected chi connectivity index (χ1v) is 7.42. The molecule has 5 nitrogen and oxygen atoms in total. The number of amides is 1. The molecule has 1 N–H and O–H groups in total. The maximum absolute atomic E-state index is 12.8. The number of carboxylic acid groups (broad SMARTS) is 1. The van der Waals surface area contributed by atoms with E-state index in [4.69, 9.17) is 0 Å². The van der Waals surface area contributed by atoms with Crippen LogP contribution in [0.2, 0.25) is 0 Å². The number of aliphatic carboxylic acids is 1. The van der Waals surface area contributed by atoms with Crippen molar-refractivity contribution in [3.05, 3.63) is 29.1 Å².